The molecule has 0 heterocycles. The number of alkyl halides is 2. The number of hydrogen-bond donors (Lipinski definition) is 1. The molecular formula is C8H18Cl2N2. The van der Waals surface area contributed by atoms with E-state index in [9.17, 15) is 0 Å². The van der Waals surface area contributed by atoms with Gasteiger partial charge in [0.15, 0.2) is 0 Å². The molecule has 0 fully saturated rings. The monoisotopic (exact) mass is 212 g/mol. The highest BCUT2D eigenvalue weighted by Gasteiger charge is 2.20. The number of nitrogens with one attached hydrogen (secondary N) is 1. The molecule has 0 aromatic carbocycles. The minimum absolute atomic E-state index is 0.126. The molecule has 0 spiro atoms. The molecule has 0 atom stereocenters. The van der Waals surface area contributed by atoms with Gasteiger partial charge in [0.05, 0.1) is 0 Å². The fraction of sp³-hybridized carbons (Fsp3) is 1.00. The third-order valence-corrected chi connectivity index (χ3v) is 2.88. The van der Waals surface area contributed by atoms with Crippen LogP contribution in [0.3, 0.4) is 0 Å². The van der Waals surface area contributed by atoms with Gasteiger partial charge < -0.3 is 10.2 Å². The fourth-order valence-corrected chi connectivity index (χ4v) is 1.19. The maximum absolute atomic E-state index is 5.76. The molecule has 0 rings (SSSR count). The second-order valence-corrected chi connectivity index (χ2v) is 4.09. The van der Waals surface area contributed by atoms with Crippen molar-refractivity contribution < 1.29 is 0 Å². The quantitative estimate of drug-likeness (QED) is 0.670. The van der Waals surface area contributed by atoms with Gasteiger partial charge in [0.1, 0.15) is 0 Å². The van der Waals surface area contributed by atoms with Crippen molar-refractivity contribution in [3.63, 3.8) is 0 Å². The Morgan fingerprint density at radius 1 is 1.25 bits per heavy atom. The van der Waals surface area contributed by atoms with Crippen molar-refractivity contribution in [2.45, 2.75) is 12.5 Å². The first-order valence-electron chi connectivity index (χ1n) is 4.06. The van der Waals surface area contributed by atoms with Crippen LogP contribution in [0.25, 0.3) is 0 Å². The molecule has 0 aliphatic rings. The van der Waals surface area contributed by atoms with Gasteiger partial charge in [-0.2, -0.15) is 0 Å². The second kappa shape index (κ2) is 6.03. The lowest BCUT2D eigenvalue weighted by Gasteiger charge is -2.26. The second-order valence-electron chi connectivity index (χ2n) is 3.56. The third-order valence-electron chi connectivity index (χ3n) is 1.70. The van der Waals surface area contributed by atoms with Crippen molar-refractivity contribution in [2.75, 3.05) is 38.9 Å². The highest BCUT2D eigenvalue weighted by atomic mass is 35.5. The molecule has 0 aromatic rings. The standard InChI is InChI=1S/C8H18Cl2N2/c1-8(6-9,7-10)11-4-5-12(2)3/h11H,4-7H2,1-3H3. The lowest BCUT2D eigenvalue weighted by atomic mass is 10.1. The first kappa shape index (κ1) is 12.5. The van der Waals surface area contributed by atoms with Gasteiger partial charge in [-0.25, -0.2) is 0 Å². The summed E-state index contributed by atoms with van der Waals surface area (Å²) in [7, 11) is 4.08. The number of likely N-dealkylation sites (N-methyl/N-ethyl adjacent to an activating group) is 1. The van der Waals surface area contributed by atoms with E-state index in [-0.39, 0.29) is 5.54 Å². The summed E-state index contributed by atoms with van der Waals surface area (Å²) in [6, 6.07) is 0. The minimum atomic E-state index is -0.126. The van der Waals surface area contributed by atoms with Crippen LogP contribution in [0.4, 0.5) is 0 Å². The number of rotatable bonds is 6. The molecule has 0 saturated carbocycles. The predicted octanol–water partition coefficient (Wildman–Crippen LogP) is 1.37. The lowest BCUT2D eigenvalue weighted by molar-refractivity contribution is 0.358. The SMILES string of the molecule is CN(C)CCNC(C)(CCl)CCl. The molecular weight excluding hydrogens is 195 g/mol. The summed E-state index contributed by atoms with van der Waals surface area (Å²) in [5, 5.41) is 3.32. The first-order valence-corrected chi connectivity index (χ1v) is 5.12. The van der Waals surface area contributed by atoms with Gasteiger partial charge in [0, 0.05) is 30.4 Å². The van der Waals surface area contributed by atoms with Crippen LogP contribution in [0.1, 0.15) is 6.92 Å². The molecule has 2 nitrogen and oxygen atoms in total. The van der Waals surface area contributed by atoms with Gasteiger partial charge in [-0.1, -0.05) is 0 Å². The van der Waals surface area contributed by atoms with E-state index in [1.54, 1.807) is 0 Å². The van der Waals surface area contributed by atoms with Gasteiger partial charge in [0.2, 0.25) is 0 Å². The highest BCUT2D eigenvalue weighted by molar-refractivity contribution is 6.22. The van der Waals surface area contributed by atoms with E-state index < -0.39 is 0 Å². The Balaban J connectivity index is 3.58. The molecule has 0 aliphatic heterocycles. The zero-order valence-corrected chi connectivity index (χ0v) is 9.54. The molecule has 0 bridgehead atoms. The summed E-state index contributed by atoms with van der Waals surface area (Å²) in [5.74, 6) is 1.09. The Kier molecular flexibility index (Phi) is 6.28. The van der Waals surface area contributed by atoms with Crippen LogP contribution in [0.15, 0.2) is 0 Å². The Labute approximate surface area is 85.2 Å². The van der Waals surface area contributed by atoms with Gasteiger partial charge in [-0.3, -0.25) is 0 Å². The van der Waals surface area contributed by atoms with E-state index >= 15 is 0 Å². The van der Waals surface area contributed by atoms with E-state index in [4.69, 9.17) is 23.2 Å². The average molecular weight is 213 g/mol. The van der Waals surface area contributed by atoms with E-state index in [0.717, 1.165) is 13.1 Å². The summed E-state index contributed by atoms with van der Waals surface area (Å²) in [6.45, 7) is 3.95. The molecule has 12 heavy (non-hydrogen) atoms. The van der Waals surface area contributed by atoms with Crippen molar-refractivity contribution in [1.29, 1.82) is 0 Å². The van der Waals surface area contributed by atoms with Gasteiger partial charge >= 0.3 is 0 Å². The normalized spacial score (nSPS) is 12.5. The maximum Gasteiger partial charge on any atom is 0.0425 e. The Bertz CT molecular complexity index is 114. The third kappa shape index (κ3) is 5.20. The summed E-state index contributed by atoms with van der Waals surface area (Å²) >= 11 is 11.5. The Morgan fingerprint density at radius 3 is 2.08 bits per heavy atom. The molecule has 0 unspecified atom stereocenters. The van der Waals surface area contributed by atoms with Crippen molar-refractivity contribution >= 4 is 23.2 Å². The van der Waals surface area contributed by atoms with Crippen LogP contribution >= 0.6 is 23.2 Å². The van der Waals surface area contributed by atoms with E-state index in [1.165, 1.54) is 0 Å². The molecule has 1 N–H and O–H groups in total. The van der Waals surface area contributed by atoms with Crippen LogP contribution in [-0.2, 0) is 0 Å². The van der Waals surface area contributed by atoms with Crippen molar-refractivity contribution in [3.05, 3.63) is 0 Å². The maximum atomic E-state index is 5.76. The first-order chi connectivity index (χ1) is 5.54. The van der Waals surface area contributed by atoms with Crippen molar-refractivity contribution in [1.82, 2.24) is 10.2 Å². The van der Waals surface area contributed by atoms with Gasteiger partial charge in [-0.05, 0) is 21.0 Å². The number of hydrogen-bond acceptors (Lipinski definition) is 2. The molecule has 0 radical (unpaired) electrons. The molecule has 74 valence electrons. The van der Waals surface area contributed by atoms with Crippen LogP contribution < -0.4 is 5.32 Å². The van der Waals surface area contributed by atoms with Gasteiger partial charge in [-0.15, -0.1) is 23.2 Å². The zero-order valence-electron chi connectivity index (χ0n) is 8.03. The van der Waals surface area contributed by atoms with Crippen LogP contribution in [0, 0.1) is 0 Å². The summed E-state index contributed by atoms with van der Waals surface area (Å²) < 4.78 is 0. The fourth-order valence-electron chi connectivity index (χ4n) is 0.711. The summed E-state index contributed by atoms with van der Waals surface area (Å²) in [4.78, 5) is 2.12. The van der Waals surface area contributed by atoms with E-state index in [1.807, 2.05) is 21.0 Å². The molecule has 0 amide bonds. The lowest BCUT2D eigenvalue weighted by Crippen LogP contribution is -2.48. The van der Waals surface area contributed by atoms with Crippen molar-refractivity contribution in [2.24, 2.45) is 0 Å². The number of nitrogens with zero attached hydrogens (tertiary/aromatic N) is 1. The smallest absolute Gasteiger partial charge is 0.0425 e. The molecule has 0 saturated heterocycles. The summed E-state index contributed by atoms with van der Waals surface area (Å²) in [6.07, 6.45) is 0. The van der Waals surface area contributed by atoms with Crippen molar-refractivity contribution in [3.8, 4) is 0 Å². The largest absolute Gasteiger partial charge is 0.308 e. The summed E-state index contributed by atoms with van der Waals surface area (Å²) in [5.41, 5.74) is -0.126. The minimum Gasteiger partial charge on any atom is -0.308 e. The van der Waals surface area contributed by atoms with E-state index in [2.05, 4.69) is 10.2 Å². The van der Waals surface area contributed by atoms with E-state index in [0.29, 0.717) is 11.8 Å². The van der Waals surface area contributed by atoms with Gasteiger partial charge in [0.25, 0.3) is 0 Å². The van der Waals surface area contributed by atoms with Crippen LogP contribution in [0.2, 0.25) is 0 Å². The Morgan fingerprint density at radius 2 is 1.75 bits per heavy atom. The molecule has 0 aliphatic carbocycles. The topological polar surface area (TPSA) is 15.3 Å². The average Bonchev–Trinajstić information content (AvgIpc) is 2.03. The molecule has 0 aromatic heterocycles. The Hall–Kier alpha value is 0.500. The number of halogens is 2. The predicted molar refractivity (Wildman–Crippen MR) is 56.4 cm³/mol. The van der Waals surface area contributed by atoms with Crippen LogP contribution in [-0.4, -0.2) is 49.4 Å². The van der Waals surface area contributed by atoms with Crippen LogP contribution in [0.5, 0.6) is 0 Å². The highest BCUT2D eigenvalue weighted by Crippen LogP contribution is 2.07. The zero-order chi connectivity index (χ0) is 9.61. The molecule has 4 heteroatoms.